The van der Waals surface area contributed by atoms with Crippen LogP contribution in [0.1, 0.15) is 36.0 Å². The van der Waals surface area contributed by atoms with E-state index in [1.807, 2.05) is 24.3 Å². The van der Waals surface area contributed by atoms with Crippen LogP contribution in [0.3, 0.4) is 0 Å². The minimum atomic E-state index is -0.695. The van der Waals surface area contributed by atoms with Crippen molar-refractivity contribution in [3.63, 3.8) is 0 Å². The van der Waals surface area contributed by atoms with Crippen LogP contribution in [0.25, 0.3) is 10.4 Å². The van der Waals surface area contributed by atoms with Crippen molar-refractivity contribution >= 4 is 40.8 Å². The third-order valence-electron chi connectivity index (χ3n) is 4.92. The topological polar surface area (TPSA) is 117 Å². The number of ether oxygens (including phenoxy) is 4. The smallest absolute Gasteiger partial charge is 0.348 e. The molecule has 0 bridgehead atoms. The molecule has 4 rings (SSSR count). The molecule has 34 heavy (non-hydrogen) atoms. The lowest BCUT2D eigenvalue weighted by molar-refractivity contribution is -0.119. The van der Waals surface area contributed by atoms with E-state index in [-0.39, 0.29) is 16.8 Å². The Kier molecular flexibility index (Phi) is 6.60. The molecular weight excluding hydrogens is 462 g/mol. The normalized spacial score (nSPS) is 11.4. The number of esters is 3. The Labute approximate surface area is 198 Å². The standard InChI is InChI=1S/C24H19NO8S/c1-30-22(27)13-7-14(23(28)31-2)9-16(8-13)25-20(26)12-33-24(29)19-10-15-11-32-18-6-4-3-5-17(18)21(15)34-19/h3-10H,11-12H2,1-2H3,(H,25,26). The molecule has 174 valence electrons. The molecule has 10 heteroatoms. The van der Waals surface area contributed by atoms with Gasteiger partial charge in [0.15, 0.2) is 6.61 Å². The van der Waals surface area contributed by atoms with Crippen LogP contribution in [0, 0.1) is 0 Å². The lowest BCUT2D eigenvalue weighted by Crippen LogP contribution is -2.21. The molecule has 0 saturated heterocycles. The highest BCUT2D eigenvalue weighted by atomic mass is 32.1. The van der Waals surface area contributed by atoms with Gasteiger partial charge in [0.25, 0.3) is 5.91 Å². The zero-order chi connectivity index (χ0) is 24.2. The van der Waals surface area contributed by atoms with E-state index < -0.39 is 30.4 Å². The zero-order valence-electron chi connectivity index (χ0n) is 18.2. The Hall–Kier alpha value is -4.18. The SMILES string of the molecule is COC(=O)c1cc(NC(=O)COC(=O)c2cc3c(s2)-c2ccccc2OC3)cc(C(=O)OC)c1. The molecule has 2 heterocycles. The predicted octanol–water partition coefficient (Wildman–Crippen LogP) is 3.68. The minimum absolute atomic E-state index is 0.0457. The number of methoxy groups -OCH3 is 2. The monoisotopic (exact) mass is 481 g/mol. The second-order valence-electron chi connectivity index (χ2n) is 7.16. The van der Waals surface area contributed by atoms with Crippen LogP contribution in [0.4, 0.5) is 5.69 Å². The van der Waals surface area contributed by atoms with Gasteiger partial charge in [0.05, 0.1) is 25.3 Å². The maximum Gasteiger partial charge on any atom is 0.348 e. The van der Waals surface area contributed by atoms with Gasteiger partial charge in [-0.1, -0.05) is 12.1 Å². The second kappa shape index (κ2) is 9.75. The zero-order valence-corrected chi connectivity index (χ0v) is 19.0. The summed E-state index contributed by atoms with van der Waals surface area (Å²) in [6.07, 6.45) is 0. The second-order valence-corrected chi connectivity index (χ2v) is 8.21. The number of rotatable bonds is 6. The highest BCUT2D eigenvalue weighted by Gasteiger charge is 2.23. The number of carbonyl (C=O) groups excluding carboxylic acids is 4. The molecule has 1 aliphatic rings. The number of carbonyl (C=O) groups is 4. The summed E-state index contributed by atoms with van der Waals surface area (Å²) >= 11 is 1.27. The summed E-state index contributed by atoms with van der Waals surface area (Å²) in [5.74, 6) is -1.94. The van der Waals surface area contributed by atoms with E-state index in [9.17, 15) is 19.2 Å². The molecule has 0 saturated carbocycles. The molecule has 1 N–H and O–H groups in total. The largest absolute Gasteiger partial charge is 0.488 e. The fraction of sp³-hybridized carbons (Fsp3) is 0.167. The number of fused-ring (bicyclic) bond motifs is 3. The van der Waals surface area contributed by atoms with E-state index in [2.05, 4.69) is 14.8 Å². The van der Waals surface area contributed by atoms with Crippen molar-refractivity contribution in [2.45, 2.75) is 6.61 Å². The van der Waals surface area contributed by atoms with Gasteiger partial charge in [0.1, 0.15) is 17.2 Å². The van der Waals surface area contributed by atoms with E-state index in [0.29, 0.717) is 11.5 Å². The number of nitrogens with one attached hydrogen (secondary N) is 1. The van der Waals surface area contributed by atoms with Crippen LogP contribution in [0.5, 0.6) is 5.75 Å². The number of hydrogen-bond acceptors (Lipinski definition) is 9. The molecule has 0 aliphatic carbocycles. The van der Waals surface area contributed by atoms with Gasteiger partial charge in [-0.05, 0) is 36.4 Å². The number of benzene rings is 2. The summed E-state index contributed by atoms with van der Waals surface area (Å²) in [7, 11) is 2.38. The summed E-state index contributed by atoms with van der Waals surface area (Å²) < 4.78 is 20.2. The van der Waals surface area contributed by atoms with Gasteiger partial charge in [-0.15, -0.1) is 11.3 Å². The van der Waals surface area contributed by atoms with E-state index in [0.717, 1.165) is 21.8 Å². The third-order valence-corrected chi connectivity index (χ3v) is 6.11. The van der Waals surface area contributed by atoms with Crippen LogP contribution < -0.4 is 10.1 Å². The first-order valence-electron chi connectivity index (χ1n) is 10.0. The highest BCUT2D eigenvalue weighted by molar-refractivity contribution is 7.17. The maximum absolute atomic E-state index is 12.5. The third kappa shape index (κ3) is 4.76. The number of para-hydroxylation sites is 1. The van der Waals surface area contributed by atoms with Crippen molar-refractivity contribution in [2.24, 2.45) is 0 Å². The number of thiophene rings is 1. The summed E-state index contributed by atoms with van der Waals surface area (Å²) in [5.41, 5.74) is 2.01. The van der Waals surface area contributed by atoms with Gasteiger partial charge in [0.2, 0.25) is 0 Å². The van der Waals surface area contributed by atoms with Crippen LogP contribution in [-0.4, -0.2) is 44.6 Å². The van der Waals surface area contributed by atoms with Gasteiger partial charge in [-0.2, -0.15) is 0 Å². The maximum atomic E-state index is 12.5. The van der Waals surface area contributed by atoms with Crippen LogP contribution >= 0.6 is 11.3 Å². The number of hydrogen-bond donors (Lipinski definition) is 1. The Balaban J connectivity index is 1.43. The molecule has 0 unspecified atom stereocenters. The van der Waals surface area contributed by atoms with Crippen molar-refractivity contribution in [1.29, 1.82) is 0 Å². The number of amides is 1. The first kappa shape index (κ1) is 23.0. The van der Waals surface area contributed by atoms with Crippen LogP contribution in [0.2, 0.25) is 0 Å². The predicted molar refractivity (Wildman–Crippen MR) is 122 cm³/mol. The first-order valence-corrected chi connectivity index (χ1v) is 10.8. The Morgan fingerprint density at radius 1 is 0.941 bits per heavy atom. The lowest BCUT2D eigenvalue weighted by Gasteiger charge is -2.16. The summed E-state index contributed by atoms with van der Waals surface area (Å²) in [4.78, 5) is 49.9. The fourth-order valence-electron chi connectivity index (χ4n) is 3.37. The van der Waals surface area contributed by atoms with E-state index in [1.54, 1.807) is 6.07 Å². The van der Waals surface area contributed by atoms with Crippen molar-refractivity contribution in [3.05, 3.63) is 70.1 Å². The Morgan fingerprint density at radius 2 is 1.62 bits per heavy atom. The molecule has 0 spiro atoms. The fourth-order valence-corrected chi connectivity index (χ4v) is 4.46. The summed E-state index contributed by atoms with van der Waals surface area (Å²) in [6.45, 7) is -0.222. The van der Waals surface area contributed by atoms with E-state index >= 15 is 0 Å². The average molecular weight is 481 g/mol. The van der Waals surface area contributed by atoms with Crippen molar-refractivity contribution in [3.8, 4) is 16.2 Å². The highest BCUT2D eigenvalue weighted by Crippen LogP contribution is 2.42. The van der Waals surface area contributed by atoms with Crippen LogP contribution in [-0.2, 0) is 25.6 Å². The van der Waals surface area contributed by atoms with E-state index in [4.69, 9.17) is 9.47 Å². The van der Waals surface area contributed by atoms with E-state index in [1.165, 1.54) is 43.8 Å². The first-order chi connectivity index (χ1) is 16.4. The average Bonchev–Trinajstić information content (AvgIpc) is 3.31. The quantitative estimate of drug-likeness (QED) is 0.419. The minimum Gasteiger partial charge on any atom is -0.488 e. The molecule has 1 aliphatic heterocycles. The van der Waals surface area contributed by atoms with Gasteiger partial charge in [-0.25, -0.2) is 14.4 Å². The van der Waals surface area contributed by atoms with Gasteiger partial charge in [-0.3, -0.25) is 4.79 Å². The van der Waals surface area contributed by atoms with Crippen molar-refractivity contribution in [1.82, 2.24) is 0 Å². The molecule has 0 radical (unpaired) electrons. The van der Waals surface area contributed by atoms with Crippen molar-refractivity contribution in [2.75, 3.05) is 26.1 Å². The van der Waals surface area contributed by atoms with Gasteiger partial charge in [0, 0.05) is 21.7 Å². The summed E-state index contributed by atoms with van der Waals surface area (Å²) in [6, 6.07) is 13.2. The molecule has 9 nitrogen and oxygen atoms in total. The molecule has 1 amide bonds. The Morgan fingerprint density at radius 3 is 2.29 bits per heavy atom. The molecule has 0 atom stereocenters. The molecule has 3 aromatic rings. The Bertz CT molecular complexity index is 1260. The van der Waals surface area contributed by atoms with Gasteiger partial charge >= 0.3 is 17.9 Å². The molecule has 0 fully saturated rings. The molecular formula is C24H19NO8S. The van der Waals surface area contributed by atoms with Gasteiger partial charge < -0.3 is 24.3 Å². The van der Waals surface area contributed by atoms with Crippen molar-refractivity contribution < 1.29 is 38.1 Å². The summed E-state index contributed by atoms with van der Waals surface area (Å²) in [5, 5.41) is 2.50. The molecule has 2 aromatic carbocycles. The molecule has 1 aromatic heterocycles. The van der Waals surface area contributed by atoms with Crippen LogP contribution in [0.15, 0.2) is 48.5 Å². The lowest BCUT2D eigenvalue weighted by atomic mass is 10.1. The number of anilines is 1.